The van der Waals surface area contributed by atoms with E-state index in [1.165, 1.54) is 72.3 Å². The number of para-hydroxylation sites is 1. The van der Waals surface area contributed by atoms with E-state index >= 15 is 0 Å². The van der Waals surface area contributed by atoms with Crippen molar-refractivity contribution >= 4 is 21.9 Å². The number of fused-ring (bicyclic) bond motifs is 20. The second kappa shape index (κ2) is 14.3. The molecular weight excluding hydrogens is 837 g/mol. The maximum absolute atomic E-state index is 6.80. The molecular formula is C66H40N2O. The third-order valence-corrected chi connectivity index (χ3v) is 15.4. The molecule has 2 aromatic heterocycles. The van der Waals surface area contributed by atoms with Crippen molar-refractivity contribution in [3.63, 3.8) is 0 Å². The molecule has 2 spiro atoms. The predicted octanol–water partition coefficient (Wildman–Crippen LogP) is 16.1. The second-order valence-corrected chi connectivity index (χ2v) is 18.6. The normalized spacial score (nSPS) is 14.0. The summed E-state index contributed by atoms with van der Waals surface area (Å²) >= 11 is 0. The Morgan fingerprint density at radius 2 is 0.754 bits per heavy atom. The Hall–Kier alpha value is -8.92. The van der Waals surface area contributed by atoms with Gasteiger partial charge in [-0.15, -0.1) is 0 Å². The molecule has 3 aliphatic carbocycles. The third kappa shape index (κ3) is 5.06. The minimum absolute atomic E-state index is 0.551. The van der Waals surface area contributed by atoms with Crippen molar-refractivity contribution in [2.75, 3.05) is 0 Å². The van der Waals surface area contributed by atoms with Gasteiger partial charge in [-0.25, -0.2) is 9.97 Å². The summed E-state index contributed by atoms with van der Waals surface area (Å²) in [6, 6.07) is 88.7. The zero-order valence-corrected chi connectivity index (χ0v) is 37.4. The van der Waals surface area contributed by atoms with Crippen LogP contribution in [0.2, 0.25) is 0 Å². The maximum atomic E-state index is 6.80. The van der Waals surface area contributed by atoms with E-state index in [2.05, 4.69) is 231 Å². The van der Waals surface area contributed by atoms with Crippen LogP contribution in [0.1, 0.15) is 44.5 Å². The fraction of sp³-hybridized carbons (Fsp3) is 0.0303. The fourth-order valence-corrected chi connectivity index (χ4v) is 12.8. The predicted molar refractivity (Wildman–Crippen MR) is 279 cm³/mol. The molecule has 3 aliphatic rings. The molecule has 12 aromatic rings. The summed E-state index contributed by atoms with van der Waals surface area (Å²) in [5.74, 6) is 0.690. The van der Waals surface area contributed by atoms with Crippen LogP contribution in [0.25, 0.3) is 89.2 Å². The molecule has 2 heterocycles. The van der Waals surface area contributed by atoms with Crippen molar-refractivity contribution in [3.8, 4) is 67.3 Å². The largest absolute Gasteiger partial charge is 0.456 e. The molecule has 3 nitrogen and oxygen atoms in total. The molecule has 15 rings (SSSR count). The summed E-state index contributed by atoms with van der Waals surface area (Å²) in [4.78, 5) is 10.4. The molecule has 0 saturated carbocycles. The van der Waals surface area contributed by atoms with Gasteiger partial charge in [-0.05, 0) is 96.1 Å². The first-order valence-corrected chi connectivity index (χ1v) is 23.8. The smallest absolute Gasteiger partial charge is 0.160 e. The van der Waals surface area contributed by atoms with Gasteiger partial charge in [-0.3, -0.25) is 0 Å². The van der Waals surface area contributed by atoms with Gasteiger partial charge in [0.1, 0.15) is 11.2 Å². The highest BCUT2D eigenvalue weighted by molar-refractivity contribution is 6.13. The van der Waals surface area contributed by atoms with E-state index < -0.39 is 10.8 Å². The maximum Gasteiger partial charge on any atom is 0.160 e. The Morgan fingerprint density at radius 1 is 0.290 bits per heavy atom. The Labute approximate surface area is 399 Å². The minimum Gasteiger partial charge on any atom is -0.456 e. The quantitative estimate of drug-likeness (QED) is 0.177. The molecule has 0 unspecified atom stereocenters. The number of hydrogen-bond acceptors (Lipinski definition) is 3. The van der Waals surface area contributed by atoms with Gasteiger partial charge in [0, 0.05) is 27.5 Å². The van der Waals surface area contributed by atoms with Crippen LogP contribution in [0.15, 0.2) is 247 Å². The third-order valence-electron chi connectivity index (χ3n) is 15.4. The summed E-state index contributed by atoms with van der Waals surface area (Å²) in [6.07, 6.45) is 0. The standard InChI is InChI=1S/C66H40N2O/c1-3-18-42(19-4-1)57-40-58(43-20-5-2-6-21-43)68-64(67-57)44-36-34-41(35-37-44)45-25-17-26-48-49-38-39-60-61(50-24-9-16-33-59(50)69-60)63(49)66(62(45)48)55-31-14-12-29-53(55)65(54-30-13-15-32-56(54)66)51-27-10-7-22-46(51)47-23-8-11-28-52(47)65/h1-40H. The zero-order chi connectivity index (χ0) is 45.3. The highest BCUT2D eigenvalue weighted by Gasteiger charge is 2.60. The first-order chi connectivity index (χ1) is 34.2. The van der Waals surface area contributed by atoms with E-state index in [9.17, 15) is 0 Å². The lowest BCUT2D eigenvalue weighted by Gasteiger charge is -2.49. The minimum atomic E-state index is -0.741. The van der Waals surface area contributed by atoms with Crippen molar-refractivity contribution in [2.24, 2.45) is 0 Å². The summed E-state index contributed by atoms with van der Waals surface area (Å²) in [5.41, 5.74) is 23.1. The van der Waals surface area contributed by atoms with Crippen LogP contribution in [0.3, 0.4) is 0 Å². The molecule has 69 heavy (non-hydrogen) atoms. The average molecular weight is 877 g/mol. The van der Waals surface area contributed by atoms with Crippen LogP contribution < -0.4 is 0 Å². The molecule has 3 heteroatoms. The van der Waals surface area contributed by atoms with Gasteiger partial charge in [-0.2, -0.15) is 0 Å². The summed E-state index contributed by atoms with van der Waals surface area (Å²) in [6.45, 7) is 0. The molecule has 0 N–H and O–H groups in total. The van der Waals surface area contributed by atoms with Gasteiger partial charge in [0.05, 0.1) is 22.2 Å². The molecule has 0 atom stereocenters. The molecule has 0 amide bonds. The Kier molecular flexibility index (Phi) is 7.92. The zero-order valence-electron chi connectivity index (χ0n) is 37.4. The van der Waals surface area contributed by atoms with Crippen LogP contribution in [0.5, 0.6) is 0 Å². The number of furan rings is 1. The molecule has 0 bridgehead atoms. The highest BCUT2D eigenvalue weighted by Crippen LogP contribution is 2.69. The van der Waals surface area contributed by atoms with E-state index in [0.29, 0.717) is 5.82 Å². The lowest BCUT2D eigenvalue weighted by atomic mass is 9.51. The summed E-state index contributed by atoms with van der Waals surface area (Å²) in [5, 5.41) is 2.29. The fourth-order valence-electron chi connectivity index (χ4n) is 12.8. The van der Waals surface area contributed by atoms with Gasteiger partial charge in [0.15, 0.2) is 5.82 Å². The number of nitrogens with zero attached hydrogens (tertiary/aromatic N) is 2. The SMILES string of the molecule is c1ccc(-c2cc(-c3ccccc3)nc(-c3ccc(-c4cccc5c4C4(c6ccccc6C6(c7ccccc7-c7ccccc76)c6ccccc64)c4c-5ccc5oc6ccccc6c45)cc3)n2)cc1. The van der Waals surface area contributed by atoms with E-state index in [1.807, 2.05) is 12.1 Å². The lowest BCUT2D eigenvalue weighted by molar-refractivity contribution is 0.635. The van der Waals surface area contributed by atoms with Crippen molar-refractivity contribution in [2.45, 2.75) is 10.8 Å². The number of aromatic nitrogens is 2. The van der Waals surface area contributed by atoms with Crippen molar-refractivity contribution < 1.29 is 4.42 Å². The van der Waals surface area contributed by atoms with Crippen molar-refractivity contribution in [3.05, 3.63) is 287 Å². The van der Waals surface area contributed by atoms with Crippen LogP contribution in [-0.4, -0.2) is 9.97 Å². The molecule has 0 fully saturated rings. The van der Waals surface area contributed by atoms with Crippen LogP contribution in [0, 0.1) is 0 Å². The number of hydrogen-bond donors (Lipinski definition) is 0. The van der Waals surface area contributed by atoms with Crippen LogP contribution in [-0.2, 0) is 10.8 Å². The van der Waals surface area contributed by atoms with Crippen molar-refractivity contribution in [1.29, 1.82) is 0 Å². The van der Waals surface area contributed by atoms with Gasteiger partial charge in [0.2, 0.25) is 0 Å². The Morgan fingerprint density at radius 3 is 1.36 bits per heavy atom. The summed E-state index contributed by atoms with van der Waals surface area (Å²) in [7, 11) is 0. The Balaban J connectivity index is 1.02. The molecule has 10 aromatic carbocycles. The summed E-state index contributed by atoms with van der Waals surface area (Å²) < 4.78 is 6.80. The van der Waals surface area contributed by atoms with Crippen LogP contribution in [0.4, 0.5) is 0 Å². The van der Waals surface area contributed by atoms with Crippen molar-refractivity contribution in [1.82, 2.24) is 9.97 Å². The van der Waals surface area contributed by atoms with E-state index in [-0.39, 0.29) is 0 Å². The average Bonchev–Trinajstić information content (AvgIpc) is 4.06. The Bertz CT molecular complexity index is 3920. The second-order valence-electron chi connectivity index (χ2n) is 18.6. The van der Waals surface area contributed by atoms with Gasteiger partial charge in [-0.1, -0.05) is 224 Å². The first kappa shape index (κ1) is 38.2. The molecule has 0 saturated heterocycles. The van der Waals surface area contributed by atoms with Gasteiger partial charge >= 0.3 is 0 Å². The van der Waals surface area contributed by atoms with E-state index in [1.54, 1.807) is 0 Å². The highest BCUT2D eigenvalue weighted by atomic mass is 16.3. The molecule has 0 radical (unpaired) electrons. The van der Waals surface area contributed by atoms with Gasteiger partial charge < -0.3 is 4.42 Å². The molecule has 0 aliphatic heterocycles. The van der Waals surface area contributed by atoms with E-state index in [4.69, 9.17) is 14.4 Å². The number of benzene rings is 10. The number of rotatable bonds is 4. The topological polar surface area (TPSA) is 38.9 Å². The molecule has 320 valence electrons. The van der Waals surface area contributed by atoms with E-state index in [0.717, 1.165) is 55.6 Å². The first-order valence-electron chi connectivity index (χ1n) is 23.8. The van der Waals surface area contributed by atoms with Crippen LogP contribution >= 0.6 is 0 Å². The monoisotopic (exact) mass is 876 g/mol. The van der Waals surface area contributed by atoms with Gasteiger partial charge in [0.25, 0.3) is 0 Å². The lowest BCUT2D eigenvalue weighted by Crippen LogP contribution is -2.44.